The molecule has 0 unspecified atom stereocenters. The number of benzene rings is 1. The van der Waals surface area contributed by atoms with Crippen LogP contribution in [-0.4, -0.2) is 4.98 Å². The lowest BCUT2D eigenvalue weighted by Crippen LogP contribution is -1.96. The number of halogens is 2. The second kappa shape index (κ2) is 5.19. The van der Waals surface area contributed by atoms with E-state index in [9.17, 15) is 0 Å². The zero-order valence-electron chi connectivity index (χ0n) is 9.59. The topological polar surface area (TPSA) is 24.9 Å². The van der Waals surface area contributed by atoms with Gasteiger partial charge in [-0.1, -0.05) is 22.0 Å². The highest BCUT2D eigenvalue weighted by atomic mass is 79.9. The van der Waals surface area contributed by atoms with E-state index in [0.717, 1.165) is 26.0 Å². The van der Waals surface area contributed by atoms with Crippen LogP contribution in [0.5, 0.6) is 0 Å². The molecule has 2 rings (SSSR count). The number of pyridine rings is 1. The second-order valence-electron chi connectivity index (χ2n) is 3.91. The van der Waals surface area contributed by atoms with Crippen LogP contribution in [0.2, 0.25) is 0 Å². The minimum atomic E-state index is 0.879. The van der Waals surface area contributed by atoms with Crippen molar-refractivity contribution < 1.29 is 0 Å². The number of hydrogen-bond acceptors (Lipinski definition) is 2. The Morgan fingerprint density at radius 1 is 1.06 bits per heavy atom. The summed E-state index contributed by atoms with van der Waals surface area (Å²) < 4.78 is 2.09. The van der Waals surface area contributed by atoms with Crippen LogP contribution in [0.3, 0.4) is 0 Å². The van der Waals surface area contributed by atoms with Gasteiger partial charge in [0.1, 0.15) is 5.82 Å². The van der Waals surface area contributed by atoms with E-state index in [0.29, 0.717) is 0 Å². The van der Waals surface area contributed by atoms with E-state index >= 15 is 0 Å². The number of hydrogen-bond donors (Lipinski definition) is 1. The first-order chi connectivity index (χ1) is 8.06. The van der Waals surface area contributed by atoms with Gasteiger partial charge in [0, 0.05) is 20.8 Å². The molecular formula is C13H12Br2N2. The number of nitrogens with zero attached hydrogens (tertiary/aromatic N) is 1. The molecule has 0 fully saturated rings. The lowest BCUT2D eigenvalue weighted by atomic mass is 10.2. The van der Waals surface area contributed by atoms with E-state index in [1.807, 2.05) is 19.1 Å². The van der Waals surface area contributed by atoms with E-state index in [-0.39, 0.29) is 0 Å². The van der Waals surface area contributed by atoms with Crippen molar-refractivity contribution in [1.29, 1.82) is 0 Å². The van der Waals surface area contributed by atoms with Crippen LogP contribution >= 0.6 is 31.9 Å². The van der Waals surface area contributed by atoms with Crippen LogP contribution in [0.15, 0.2) is 39.4 Å². The Labute approximate surface area is 118 Å². The summed E-state index contributed by atoms with van der Waals surface area (Å²) in [6, 6.07) is 8.21. The molecule has 0 radical (unpaired) electrons. The minimum Gasteiger partial charge on any atom is -0.340 e. The van der Waals surface area contributed by atoms with E-state index in [2.05, 4.69) is 61.2 Å². The summed E-state index contributed by atoms with van der Waals surface area (Å²) in [5.74, 6) is 0.879. The molecule has 88 valence electrons. The van der Waals surface area contributed by atoms with Gasteiger partial charge >= 0.3 is 0 Å². The molecule has 1 heterocycles. The zero-order chi connectivity index (χ0) is 12.4. The number of rotatable bonds is 2. The number of aromatic nitrogens is 1. The average Bonchev–Trinajstić information content (AvgIpc) is 2.27. The predicted octanol–water partition coefficient (Wildman–Crippen LogP) is 4.97. The van der Waals surface area contributed by atoms with Crippen LogP contribution in [0.25, 0.3) is 0 Å². The summed E-state index contributed by atoms with van der Waals surface area (Å²) in [6.07, 6.45) is 1.79. The molecule has 0 spiro atoms. The normalized spacial score (nSPS) is 10.4. The van der Waals surface area contributed by atoms with Crippen LogP contribution < -0.4 is 5.32 Å². The molecule has 0 aliphatic carbocycles. The Balaban J connectivity index is 2.28. The average molecular weight is 356 g/mol. The highest BCUT2D eigenvalue weighted by Crippen LogP contribution is 2.25. The maximum atomic E-state index is 4.35. The van der Waals surface area contributed by atoms with Gasteiger partial charge in [-0.25, -0.2) is 4.98 Å². The zero-order valence-corrected chi connectivity index (χ0v) is 12.8. The molecule has 4 heteroatoms. The molecule has 0 bridgehead atoms. The van der Waals surface area contributed by atoms with Crippen LogP contribution in [0, 0.1) is 13.8 Å². The van der Waals surface area contributed by atoms with Gasteiger partial charge in [-0.3, -0.25) is 0 Å². The van der Waals surface area contributed by atoms with E-state index in [4.69, 9.17) is 0 Å². The number of nitrogens with one attached hydrogen (secondary N) is 1. The van der Waals surface area contributed by atoms with Crippen LogP contribution in [-0.2, 0) is 0 Å². The van der Waals surface area contributed by atoms with Gasteiger partial charge in [0.2, 0.25) is 0 Å². The third kappa shape index (κ3) is 3.07. The lowest BCUT2D eigenvalue weighted by Gasteiger charge is -2.09. The lowest BCUT2D eigenvalue weighted by molar-refractivity contribution is 1.24. The SMILES string of the molecule is Cc1ccc(Nc2ncc(Br)cc2C)cc1Br. The minimum absolute atomic E-state index is 0.879. The fraction of sp³-hybridized carbons (Fsp3) is 0.154. The Kier molecular flexibility index (Phi) is 3.84. The molecular weight excluding hydrogens is 344 g/mol. The van der Waals surface area contributed by atoms with Gasteiger partial charge < -0.3 is 5.32 Å². The van der Waals surface area contributed by atoms with Gasteiger partial charge in [0.15, 0.2) is 0 Å². The van der Waals surface area contributed by atoms with E-state index in [1.165, 1.54) is 5.56 Å². The van der Waals surface area contributed by atoms with Gasteiger partial charge in [0.25, 0.3) is 0 Å². The molecule has 2 nitrogen and oxygen atoms in total. The third-order valence-electron chi connectivity index (χ3n) is 2.48. The van der Waals surface area contributed by atoms with Crippen molar-refractivity contribution in [1.82, 2.24) is 4.98 Å². The third-order valence-corrected chi connectivity index (χ3v) is 3.77. The van der Waals surface area contributed by atoms with E-state index < -0.39 is 0 Å². The molecule has 0 saturated heterocycles. The summed E-state index contributed by atoms with van der Waals surface area (Å²) in [5.41, 5.74) is 3.35. The largest absolute Gasteiger partial charge is 0.340 e. The first-order valence-corrected chi connectivity index (χ1v) is 6.80. The molecule has 0 aliphatic heterocycles. The molecule has 1 N–H and O–H groups in total. The van der Waals surface area contributed by atoms with Crippen molar-refractivity contribution in [3.63, 3.8) is 0 Å². The van der Waals surface area contributed by atoms with Gasteiger partial charge in [-0.2, -0.15) is 0 Å². The van der Waals surface area contributed by atoms with Gasteiger partial charge in [0.05, 0.1) is 0 Å². The molecule has 2 aromatic rings. The molecule has 0 amide bonds. The van der Waals surface area contributed by atoms with Crippen molar-refractivity contribution in [3.8, 4) is 0 Å². The fourth-order valence-corrected chi connectivity index (χ4v) is 2.30. The summed E-state index contributed by atoms with van der Waals surface area (Å²) in [7, 11) is 0. The Morgan fingerprint density at radius 3 is 2.47 bits per heavy atom. The summed E-state index contributed by atoms with van der Waals surface area (Å²) >= 11 is 6.93. The maximum Gasteiger partial charge on any atom is 0.133 e. The first kappa shape index (κ1) is 12.6. The smallest absolute Gasteiger partial charge is 0.133 e. The van der Waals surface area contributed by atoms with E-state index in [1.54, 1.807) is 6.20 Å². The molecule has 17 heavy (non-hydrogen) atoms. The fourth-order valence-electron chi connectivity index (χ4n) is 1.48. The molecule has 0 atom stereocenters. The first-order valence-electron chi connectivity index (χ1n) is 5.21. The predicted molar refractivity (Wildman–Crippen MR) is 78.8 cm³/mol. The number of aryl methyl sites for hydroxylation is 2. The molecule has 1 aromatic carbocycles. The quantitative estimate of drug-likeness (QED) is 0.822. The van der Waals surface area contributed by atoms with Crippen LogP contribution in [0.4, 0.5) is 11.5 Å². The highest BCUT2D eigenvalue weighted by Gasteiger charge is 2.02. The summed E-state index contributed by atoms with van der Waals surface area (Å²) in [6.45, 7) is 4.10. The second-order valence-corrected chi connectivity index (χ2v) is 5.68. The van der Waals surface area contributed by atoms with Crippen molar-refractivity contribution in [3.05, 3.63) is 50.5 Å². The maximum absolute atomic E-state index is 4.35. The molecule has 0 saturated carbocycles. The molecule has 0 aliphatic rings. The Bertz CT molecular complexity index is 553. The van der Waals surface area contributed by atoms with Gasteiger partial charge in [-0.05, 0) is 59.1 Å². The standard InChI is InChI=1S/C13H12Br2N2/c1-8-3-4-11(6-12(8)15)17-13-9(2)5-10(14)7-16-13/h3-7H,1-2H3,(H,16,17). The van der Waals surface area contributed by atoms with Crippen molar-refractivity contribution in [2.24, 2.45) is 0 Å². The Hall–Kier alpha value is -0.870. The Morgan fingerprint density at radius 2 is 1.82 bits per heavy atom. The summed E-state index contributed by atoms with van der Waals surface area (Å²) in [5, 5.41) is 3.31. The highest BCUT2D eigenvalue weighted by molar-refractivity contribution is 9.10. The monoisotopic (exact) mass is 354 g/mol. The van der Waals surface area contributed by atoms with Crippen molar-refractivity contribution in [2.75, 3.05) is 5.32 Å². The van der Waals surface area contributed by atoms with Crippen LogP contribution in [0.1, 0.15) is 11.1 Å². The van der Waals surface area contributed by atoms with Crippen molar-refractivity contribution >= 4 is 43.4 Å². The number of anilines is 2. The summed E-state index contributed by atoms with van der Waals surface area (Å²) in [4.78, 5) is 4.35. The van der Waals surface area contributed by atoms with Gasteiger partial charge in [-0.15, -0.1) is 0 Å². The van der Waals surface area contributed by atoms with Crippen molar-refractivity contribution in [2.45, 2.75) is 13.8 Å². The molecule has 1 aromatic heterocycles.